The number of furan rings is 2. The van der Waals surface area contributed by atoms with Crippen molar-refractivity contribution >= 4 is 71.4 Å². The molecule has 4 nitrogen and oxygen atoms in total. The number of allylic oxidation sites excluding steroid dienone is 9. The number of benzene rings is 6. The van der Waals surface area contributed by atoms with Gasteiger partial charge in [-0.2, -0.15) is 0 Å². The Morgan fingerprint density at radius 2 is 1.24 bits per heavy atom. The lowest BCUT2D eigenvalue weighted by Gasteiger charge is -2.24. The summed E-state index contributed by atoms with van der Waals surface area (Å²) in [5, 5.41) is 6.64. The number of para-hydroxylation sites is 2. The van der Waals surface area contributed by atoms with Crippen molar-refractivity contribution in [3.63, 3.8) is 0 Å². The number of likely N-dealkylation sites (N-methyl/N-ethyl adjacent to an activating group) is 1. The predicted molar refractivity (Wildman–Crippen MR) is 234 cm³/mol. The van der Waals surface area contributed by atoms with Gasteiger partial charge in [0.15, 0.2) is 11.2 Å². The van der Waals surface area contributed by atoms with E-state index in [0.717, 1.165) is 83.2 Å². The van der Waals surface area contributed by atoms with Gasteiger partial charge in [0, 0.05) is 62.0 Å². The van der Waals surface area contributed by atoms with Gasteiger partial charge in [0.1, 0.15) is 11.2 Å². The van der Waals surface area contributed by atoms with Crippen molar-refractivity contribution in [2.75, 3.05) is 11.9 Å². The minimum atomic E-state index is 0.759. The lowest BCUT2D eigenvalue weighted by atomic mass is 10.00. The molecule has 55 heavy (non-hydrogen) atoms. The van der Waals surface area contributed by atoms with Crippen LogP contribution in [0.2, 0.25) is 0 Å². The van der Waals surface area contributed by atoms with E-state index in [1.54, 1.807) is 0 Å². The highest BCUT2D eigenvalue weighted by Gasteiger charge is 2.19. The Labute approximate surface area is 320 Å². The molecule has 6 aromatic carbocycles. The average Bonchev–Trinajstić information content (AvgIpc) is 3.90. The molecule has 0 saturated carbocycles. The number of hydrogen-bond acceptors (Lipinski definition) is 3. The van der Waals surface area contributed by atoms with Crippen LogP contribution in [0.1, 0.15) is 13.8 Å². The van der Waals surface area contributed by atoms with Gasteiger partial charge < -0.3 is 18.3 Å². The molecular formula is C51H40N2O2. The van der Waals surface area contributed by atoms with E-state index in [-0.39, 0.29) is 0 Å². The highest BCUT2D eigenvalue weighted by molar-refractivity contribution is 6.19. The van der Waals surface area contributed by atoms with Gasteiger partial charge in [0.25, 0.3) is 0 Å². The van der Waals surface area contributed by atoms with Gasteiger partial charge in [-0.05, 0) is 103 Å². The minimum Gasteiger partial charge on any atom is -0.452 e. The van der Waals surface area contributed by atoms with E-state index in [9.17, 15) is 0 Å². The van der Waals surface area contributed by atoms with Gasteiger partial charge in [-0.15, -0.1) is 0 Å². The van der Waals surface area contributed by atoms with Crippen LogP contribution >= 0.6 is 0 Å². The topological polar surface area (TPSA) is 34.5 Å². The Kier molecular flexibility index (Phi) is 8.44. The summed E-state index contributed by atoms with van der Waals surface area (Å²) in [4.78, 5) is 2.20. The SMILES string of the molecule is C=CC(=C(\C=C/C)N(C)c1cccc(-c2ccc3oc4c(ccc5c6cc(-n7c8ccccc8c8ccccc87)ccc6oc54)c3c2)c1)/C(C=C)=C/C=C\C. The van der Waals surface area contributed by atoms with E-state index in [2.05, 4.69) is 169 Å². The summed E-state index contributed by atoms with van der Waals surface area (Å²) in [5.74, 6) is 0. The smallest absolute Gasteiger partial charge is 0.178 e. The van der Waals surface area contributed by atoms with Crippen molar-refractivity contribution in [2.45, 2.75) is 13.8 Å². The maximum atomic E-state index is 6.58. The number of nitrogens with zero attached hydrogens (tertiary/aromatic N) is 2. The van der Waals surface area contributed by atoms with Crippen LogP contribution in [0.3, 0.4) is 0 Å². The first-order valence-corrected chi connectivity index (χ1v) is 18.6. The second-order valence-corrected chi connectivity index (χ2v) is 13.7. The molecule has 0 N–H and O–H groups in total. The molecule has 0 aliphatic heterocycles. The molecule has 0 aliphatic carbocycles. The molecular weight excluding hydrogens is 673 g/mol. The third kappa shape index (κ3) is 5.53. The molecule has 0 radical (unpaired) electrons. The van der Waals surface area contributed by atoms with Crippen molar-refractivity contribution in [1.82, 2.24) is 4.57 Å². The first-order valence-electron chi connectivity index (χ1n) is 18.6. The molecule has 0 unspecified atom stereocenters. The summed E-state index contributed by atoms with van der Waals surface area (Å²) in [6, 6.07) is 43.0. The maximum absolute atomic E-state index is 6.58. The third-order valence-corrected chi connectivity index (χ3v) is 10.6. The van der Waals surface area contributed by atoms with Crippen LogP contribution < -0.4 is 4.90 Å². The fourth-order valence-electron chi connectivity index (χ4n) is 7.99. The molecule has 0 saturated heterocycles. The van der Waals surface area contributed by atoms with E-state index < -0.39 is 0 Å². The van der Waals surface area contributed by atoms with Gasteiger partial charge in [-0.1, -0.05) is 104 Å². The van der Waals surface area contributed by atoms with Crippen LogP contribution in [0.15, 0.2) is 203 Å². The van der Waals surface area contributed by atoms with E-state index in [4.69, 9.17) is 8.83 Å². The van der Waals surface area contributed by atoms with Crippen LogP contribution in [0.4, 0.5) is 5.69 Å². The molecule has 0 fully saturated rings. The Morgan fingerprint density at radius 1 is 0.600 bits per heavy atom. The number of aromatic nitrogens is 1. The second-order valence-electron chi connectivity index (χ2n) is 13.7. The zero-order valence-electron chi connectivity index (χ0n) is 31.2. The number of anilines is 1. The summed E-state index contributed by atoms with van der Waals surface area (Å²) < 4.78 is 15.5. The lowest BCUT2D eigenvalue weighted by molar-refractivity contribution is 0.633. The van der Waals surface area contributed by atoms with E-state index in [1.165, 1.54) is 21.8 Å². The normalized spacial score (nSPS) is 13.0. The van der Waals surface area contributed by atoms with E-state index >= 15 is 0 Å². The molecule has 0 amide bonds. The zero-order chi connectivity index (χ0) is 37.6. The summed E-state index contributed by atoms with van der Waals surface area (Å²) in [6.07, 6.45) is 14.0. The standard InChI is InChI=1S/C51H40N2O2/c1-6-10-17-33(8-3)38(9-4)45(16-7-2)52(5)36-19-15-18-34(30-36)35-24-28-48-43(31-35)41-26-27-42-44-32-37(25-29-49(44)55-51(42)50(41)54-48)53-46-22-13-11-20-39(46)40-21-12-14-23-47(40)53/h6-32H,3-4H2,1-2,5H3/b10-6-,16-7-,33-17+,45-38-. The molecule has 0 atom stereocenters. The highest BCUT2D eigenvalue weighted by atomic mass is 16.4. The van der Waals surface area contributed by atoms with Crippen molar-refractivity contribution < 1.29 is 8.83 Å². The van der Waals surface area contributed by atoms with Gasteiger partial charge in [0.05, 0.1) is 11.0 Å². The summed E-state index contributed by atoms with van der Waals surface area (Å²) in [6.45, 7) is 12.3. The summed E-state index contributed by atoms with van der Waals surface area (Å²) in [5.41, 5.74) is 12.9. The molecule has 4 heteroatoms. The lowest BCUT2D eigenvalue weighted by Crippen LogP contribution is -2.17. The highest BCUT2D eigenvalue weighted by Crippen LogP contribution is 2.41. The van der Waals surface area contributed by atoms with Crippen LogP contribution in [-0.2, 0) is 0 Å². The van der Waals surface area contributed by atoms with Crippen molar-refractivity contribution in [3.8, 4) is 16.8 Å². The third-order valence-electron chi connectivity index (χ3n) is 10.6. The van der Waals surface area contributed by atoms with Gasteiger partial charge >= 0.3 is 0 Å². The van der Waals surface area contributed by atoms with Crippen molar-refractivity contribution in [3.05, 3.63) is 194 Å². The second kappa shape index (κ2) is 13.7. The number of fused-ring (bicyclic) bond motifs is 10. The number of rotatable bonds is 9. The summed E-state index contributed by atoms with van der Waals surface area (Å²) in [7, 11) is 2.09. The first-order chi connectivity index (χ1) is 27.0. The Balaban J connectivity index is 1.13. The largest absolute Gasteiger partial charge is 0.452 e. The first kappa shape index (κ1) is 33.8. The quantitative estimate of drug-likeness (QED) is 0.140. The van der Waals surface area contributed by atoms with Crippen LogP contribution in [0.5, 0.6) is 0 Å². The van der Waals surface area contributed by atoms with Gasteiger partial charge in [0.2, 0.25) is 0 Å². The monoisotopic (exact) mass is 712 g/mol. The van der Waals surface area contributed by atoms with Gasteiger partial charge in [-0.3, -0.25) is 0 Å². The fourth-order valence-corrected chi connectivity index (χ4v) is 7.99. The van der Waals surface area contributed by atoms with Gasteiger partial charge in [-0.25, -0.2) is 0 Å². The van der Waals surface area contributed by atoms with Crippen molar-refractivity contribution in [1.29, 1.82) is 0 Å². The maximum Gasteiger partial charge on any atom is 0.178 e. The molecule has 0 spiro atoms. The number of hydrogen-bond donors (Lipinski definition) is 0. The average molecular weight is 713 g/mol. The van der Waals surface area contributed by atoms with Crippen LogP contribution in [0.25, 0.3) is 82.5 Å². The molecule has 9 aromatic rings. The molecule has 9 rings (SSSR count). The molecule has 266 valence electrons. The van der Waals surface area contributed by atoms with Crippen molar-refractivity contribution in [2.24, 2.45) is 0 Å². The Hall–Kier alpha value is -7.04. The molecule has 0 bridgehead atoms. The Morgan fingerprint density at radius 3 is 1.87 bits per heavy atom. The molecule has 3 aromatic heterocycles. The molecule has 3 heterocycles. The van der Waals surface area contributed by atoms with E-state index in [0.29, 0.717) is 0 Å². The van der Waals surface area contributed by atoms with E-state index in [1.807, 2.05) is 38.2 Å². The van der Waals surface area contributed by atoms with Crippen LogP contribution in [0, 0.1) is 0 Å². The summed E-state index contributed by atoms with van der Waals surface area (Å²) >= 11 is 0. The molecule has 0 aliphatic rings. The zero-order valence-corrected chi connectivity index (χ0v) is 31.2. The Bertz CT molecular complexity index is 3060. The minimum absolute atomic E-state index is 0.759. The predicted octanol–water partition coefficient (Wildman–Crippen LogP) is 14.4. The van der Waals surface area contributed by atoms with Crippen LogP contribution in [-0.4, -0.2) is 11.6 Å². The fraction of sp³-hybridized carbons (Fsp3) is 0.0588.